The van der Waals surface area contributed by atoms with Crippen LogP contribution in [0.4, 0.5) is 0 Å². The molecule has 1 N–H and O–H groups in total. The lowest BCUT2D eigenvalue weighted by Gasteiger charge is -2.33. The van der Waals surface area contributed by atoms with Gasteiger partial charge < -0.3 is 5.11 Å². The minimum Gasteiger partial charge on any atom is -0.396 e. The monoisotopic (exact) mass is 322 g/mol. The van der Waals surface area contributed by atoms with E-state index in [-0.39, 0.29) is 17.5 Å². The molecule has 0 spiro atoms. The fourth-order valence-electron chi connectivity index (χ4n) is 3.05. The number of benzene rings is 1. The first-order valence-electron chi connectivity index (χ1n) is 7.49. The van der Waals surface area contributed by atoms with E-state index in [2.05, 4.69) is 0 Å². The maximum Gasteiger partial charge on any atom is 0.243 e. The third-order valence-electron chi connectivity index (χ3n) is 4.55. The predicted octanol–water partition coefficient (Wildman–Crippen LogP) is 2.04. The summed E-state index contributed by atoms with van der Waals surface area (Å²) in [5.41, 5.74) is 1.05. The van der Waals surface area contributed by atoms with Crippen molar-refractivity contribution >= 4 is 10.0 Å². The molecule has 1 aromatic rings. The average molecular weight is 322 g/mol. The minimum absolute atomic E-state index is 0.0251. The Balaban J connectivity index is 2.22. The molecule has 1 saturated carbocycles. The van der Waals surface area contributed by atoms with Gasteiger partial charge in [-0.3, -0.25) is 0 Å². The van der Waals surface area contributed by atoms with E-state index in [0.717, 1.165) is 25.7 Å². The summed E-state index contributed by atoms with van der Waals surface area (Å²) in [6.07, 6.45) is 3.26. The normalized spacial score (nSPS) is 22.5. The summed E-state index contributed by atoms with van der Waals surface area (Å²) in [6.45, 7) is 1.89. The number of hydrogen-bond acceptors (Lipinski definition) is 4. The van der Waals surface area contributed by atoms with E-state index in [4.69, 9.17) is 5.26 Å². The van der Waals surface area contributed by atoms with E-state index < -0.39 is 10.0 Å². The molecule has 1 fully saturated rings. The molecule has 0 amide bonds. The van der Waals surface area contributed by atoms with Crippen LogP contribution in [0.2, 0.25) is 0 Å². The summed E-state index contributed by atoms with van der Waals surface area (Å²) < 4.78 is 27.0. The maximum atomic E-state index is 12.8. The van der Waals surface area contributed by atoms with Gasteiger partial charge in [0.1, 0.15) is 0 Å². The molecule has 0 atom stereocenters. The number of hydrogen-bond donors (Lipinski definition) is 1. The van der Waals surface area contributed by atoms with Crippen molar-refractivity contribution in [3.8, 4) is 6.07 Å². The highest BCUT2D eigenvalue weighted by molar-refractivity contribution is 7.89. The van der Waals surface area contributed by atoms with Crippen LogP contribution >= 0.6 is 0 Å². The largest absolute Gasteiger partial charge is 0.396 e. The molecule has 2 rings (SSSR count). The zero-order chi connectivity index (χ0) is 16.3. The minimum atomic E-state index is -3.56. The van der Waals surface area contributed by atoms with Gasteiger partial charge in [-0.2, -0.15) is 9.57 Å². The molecule has 1 aliphatic rings. The summed E-state index contributed by atoms with van der Waals surface area (Å²) in [5, 5.41) is 18.1. The van der Waals surface area contributed by atoms with Crippen LogP contribution in [-0.4, -0.2) is 37.5 Å². The molecule has 0 aliphatic heterocycles. The van der Waals surface area contributed by atoms with Gasteiger partial charge in [-0.15, -0.1) is 0 Å². The Morgan fingerprint density at radius 1 is 1.32 bits per heavy atom. The number of rotatable bonds is 4. The lowest BCUT2D eigenvalue weighted by Crippen LogP contribution is -2.40. The molecule has 1 aliphatic carbocycles. The molecule has 0 saturated heterocycles. The van der Waals surface area contributed by atoms with Gasteiger partial charge in [0.15, 0.2) is 0 Å². The molecule has 0 heterocycles. The number of aliphatic hydroxyl groups excluding tert-OH is 1. The van der Waals surface area contributed by atoms with Crippen molar-refractivity contribution in [3.05, 3.63) is 29.3 Å². The van der Waals surface area contributed by atoms with Crippen LogP contribution in [0.25, 0.3) is 0 Å². The first-order chi connectivity index (χ1) is 10.4. The first kappa shape index (κ1) is 16.9. The lowest BCUT2D eigenvalue weighted by atomic mass is 9.87. The van der Waals surface area contributed by atoms with E-state index in [1.165, 1.54) is 16.4 Å². The molecular formula is C16H22N2O3S. The van der Waals surface area contributed by atoms with Gasteiger partial charge in [-0.05, 0) is 62.3 Å². The fraction of sp³-hybridized carbons (Fsp3) is 0.562. The molecule has 1 aromatic carbocycles. The summed E-state index contributed by atoms with van der Waals surface area (Å²) in [5.74, 6) is 0.295. The van der Waals surface area contributed by atoms with Crippen LogP contribution < -0.4 is 0 Å². The Morgan fingerprint density at radius 3 is 2.45 bits per heavy atom. The molecule has 22 heavy (non-hydrogen) atoms. The van der Waals surface area contributed by atoms with Gasteiger partial charge in [0.2, 0.25) is 10.0 Å². The number of aliphatic hydroxyl groups is 1. The number of sulfonamides is 1. The van der Waals surface area contributed by atoms with Crippen LogP contribution in [0.1, 0.15) is 36.8 Å². The van der Waals surface area contributed by atoms with E-state index >= 15 is 0 Å². The first-order valence-corrected chi connectivity index (χ1v) is 8.93. The van der Waals surface area contributed by atoms with Crippen molar-refractivity contribution in [2.24, 2.45) is 5.92 Å². The van der Waals surface area contributed by atoms with Gasteiger partial charge >= 0.3 is 0 Å². The Hall–Kier alpha value is -1.42. The quantitative estimate of drug-likeness (QED) is 0.919. The Labute approximate surface area is 132 Å². The van der Waals surface area contributed by atoms with Gasteiger partial charge in [0, 0.05) is 19.7 Å². The van der Waals surface area contributed by atoms with E-state index in [1.54, 1.807) is 20.0 Å². The molecular weight excluding hydrogens is 300 g/mol. The van der Waals surface area contributed by atoms with Crippen molar-refractivity contribution in [2.75, 3.05) is 13.7 Å². The number of nitrogens with zero attached hydrogens (tertiary/aromatic N) is 2. The number of nitriles is 1. The lowest BCUT2D eigenvalue weighted by molar-refractivity contribution is 0.159. The smallest absolute Gasteiger partial charge is 0.243 e. The van der Waals surface area contributed by atoms with E-state index in [0.29, 0.717) is 17.0 Å². The topological polar surface area (TPSA) is 81.4 Å². The second-order valence-electron chi connectivity index (χ2n) is 5.97. The Bertz CT molecular complexity index is 671. The SMILES string of the molecule is Cc1cc(C#N)ccc1S(=O)(=O)N(C)C1CCC(CO)CC1. The zero-order valence-electron chi connectivity index (χ0n) is 13.0. The van der Waals surface area contributed by atoms with Crippen molar-refractivity contribution in [3.63, 3.8) is 0 Å². The average Bonchev–Trinajstić information content (AvgIpc) is 2.53. The molecule has 6 heteroatoms. The highest BCUT2D eigenvalue weighted by Crippen LogP contribution is 2.30. The molecule has 120 valence electrons. The van der Waals surface area contributed by atoms with Crippen molar-refractivity contribution < 1.29 is 13.5 Å². The van der Waals surface area contributed by atoms with Crippen LogP contribution in [-0.2, 0) is 10.0 Å². The van der Waals surface area contributed by atoms with Crippen LogP contribution in [0.3, 0.4) is 0 Å². The highest BCUT2D eigenvalue weighted by Gasteiger charge is 2.32. The molecule has 0 radical (unpaired) electrons. The molecule has 0 unspecified atom stereocenters. The second kappa shape index (κ2) is 6.78. The second-order valence-corrected chi connectivity index (χ2v) is 7.94. The Morgan fingerprint density at radius 2 is 1.95 bits per heavy atom. The van der Waals surface area contributed by atoms with Crippen LogP contribution in [0.5, 0.6) is 0 Å². The van der Waals surface area contributed by atoms with Crippen molar-refractivity contribution in [1.82, 2.24) is 4.31 Å². The summed E-state index contributed by atoms with van der Waals surface area (Å²) in [6, 6.07) is 6.64. The molecule has 5 nitrogen and oxygen atoms in total. The highest BCUT2D eigenvalue weighted by atomic mass is 32.2. The third-order valence-corrected chi connectivity index (χ3v) is 6.62. The molecule has 0 aromatic heterocycles. The van der Waals surface area contributed by atoms with Gasteiger partial charge in [-0.1, -0.05) is 0 Å². The van der Waals surface area contributed by atoms with Crippen LogP contribution in [0.15, 0.2) is 23.1 Å². The van der Waals surface area contributed by atoms with E-state index in [9.17, 15) is 13.5 Å². The van der Waals surface area contributed by atoms with Gasteiger partial charge in [0.25, 0.3) is 0 Å². The van der Waals surface area contributed by atoms with Gasteiger partial charge in [-0.25, -0.2) is 8.42 Å². The van der Waals surface area contributed by atoms with Crippen LogP contribution in [0, 0.1) is 24.2 Å². The fourth-order valence-corrected chi connectivity index (χ4v) is 4.67. The standard InChI is InChI=1S/C16H22N2O3S/c1-12-9-14(10-17)5-8-16(12)22(20,21)18(2)15-6-3-13(11-19)4-7-15/h5,8-9,13,15,19H,3-4,6-7,11H2,1-2H3. The predicted molar refractivity (Wildman–Crippen MR) is 83.7 cm³/mol. The van der Waals surface area contributed by atoms with Gasteiger partial charge in [0.05, 0.1) is 16.5 Å². The molecule has 0 bridgehead atoms. The Kier molecular flexibility index (Phi) is 5.22. The van der Waals surface area contributed by atoms with Crippen molar-refractivity contribution in [2.45, 2.75) is 43.5 Å². The summed E-state index contributed by atoms with van der Waals surface area (Å²) in [7, 11) is -1.94. The summed E-state index contributed by atoms with van der Waals surface area (Å²) in [4.78, 5) is 0.262. The van der Waals surface area contributed by atoms with Crippen molar-refractivity contribution in [1.29, 1.82) is 5.26 Å². The van der Waals surface area contributed by atoms with E-state index in [1.807, 2.05) is 6.07 Å². The summed E-state index contributed by atoms with van der Waals surface area (Å²) >= 11 is 0. The number of aryl methyl sites for hydroxylation is 1. The third kappa shape index (κ3) is 3.32. The maximum absolute atomic E-state index is 12.8. The zero-order valence-corrected chi connectivity index (χ0v) is 13.8.